The van der Waals surface area contributed by atoms with Gasteiger partial charge in [0.1, 0.15) is 5.75 Å². The molecule has 1 aliphatic rings. The van der Waals surface area contributed by atoms with Crippen LogP contribution in [0, 0.1) is 0 Å². The molecule has 4 N–H and O–H groups in total. The van der Waals surface area contributed by atoms with E-state index in [1.807, 2.05) is 6.07 Å². The van der Waals surface area contributed by atoms with E-state index >= 15 is 0 Å². The van der Waals surface area contributed by atoms with E-state index in [1.165, 1.54) is 18.3 Å². The summed E-state index contributed by atoms with van der Waals surface area (Å²) in [5.41, 5.74) is 7.72. The SMILES string of the molecule is CC(=O)c1cccc2c1OB(O)[C@@H](CC(=O)C(=CCCO)c1csc(N)n1)C2. The number of nitrogens with zero attached hydrogens (tertiary/aromatic N) is 1. The highest BCUT2D eigenvalue weighted by molar-refractivity contribution is 7.13. The standard InChI is InChI=1S/C19H21BN2O5S/c1-11(24)14-5-2-4-12-8-13(20(26)27-18(12)14)9-17(25)15(6-3-7-23)16-10-28-19(21)22-16/h2,4-6,10,13,23,26H,3,7-9H2,1H3,(H2,21,22)/t13-/m1/s1. The van der Waals surface area contributed by atoms with E-state index in [0.29, 0.717) is 40.6 Å². The fourth-order valence-corrected chi connectivity index (χ4v) is 3.83. The van der Waals surface area contributed by atoms with E-state index in [4.69, 9.17) is 15.5 Å². The predicted molar refractivity (Wildman–Crippen MR) is 108 cm³/mol. The van der Waals surface area contributed by atoms with Crippen molar-refractivity contribution in [1.82, 2.24) is 4.98 Å². The van der Waals surface area contributed by atoms with Crippen LogP contribution in [0.2, 0.25) is 5.82 Å². The molecule has 0 amide bonds. The third kappa shape index (κ3) is 4.32. The Morgan fingerprint density at radius 1 is 1.46 bits per heavy atom. The van der Waals surface area contributed by atoms with Gasteiger partial charge in [-0.1, -0.05) is 18.2 Å². The Bertz CT molecular complexity index is 927. The van der Waals surface area contributed by atoms with Crippen LogP contribution in [0.15, 0.2) is 29.7 Å². The van der Waals surface area contributed by atoms with Crippen molar-refractivity contribution in [2.45, 2.75) is 32.0 Å². The largest absolute Gasteiger partial charge is 0.535 e. The lowest BCUT2D eigenvalue weighted by Gasteiger charge is -2.28. The number of carbonyl (C=O) groups is 2. The van der Waals surface area contributed by atoms with Crippen LogP contribution in [0.1, 0.15) is 41.4 Å². The van der Waals surface area contributed by atoms with Crippen molar-refractivity contribution >= 4 is 40.7 Å². The van der Waals surface area contributed by atoms with Crippen LogP contribution in [0.4, 0.5) is 5.13 Å². The normalized spacial score (nSPS) is 16.5. The van der Waals surface area contributed by atoms with Crippen molar-refractivity contribution in [3.05, 3.63) is 46.5 Å². The molecule has 0 fully saturated rings. The molecular weight excluding hydrogens is 379 g/mol. The Labute approximate surface area is 167 Å². The van der Waals surface area contributed by atoms with Gasteiger partial charge < -0.3 is 20.5 Å². The van der Waals surface area contributed by atoms with Gasteiger partial charge in [0.25, 0.3) is 0 Å². The maximum absolute atomic E-state index is 12.9. The van der Waals surface area contributed by atoms with Gasteiger partial charge in [-0.15, -0.1) is 11.3 Å². The van der Waals surface area contributed by atoms with E-state index in [0.717, 1.165) is 5.56 Å². The highest BCUT2D eigenvalue weighted by Gasteiger charge is 2.38. The molecular formula is C19H21BN2O5S. The second kappa shape index (κ2) is 8.68. The summed E-state index contributed by atoms with van der Waals surface area (Å²) in [7, 11) is -1.20. The van der Waals surface area contributed by atoms with Gasteiger partial charge in [0.05, 0.1) is 11.3 Å². The quantitative estimate of drug-likeness (QED) is 0.370. The van der Waals surface area contributed by atoms with Gasteiger partial charge in [0.2, 0.25) is 0 Å². The lowest BCUT2D eigenvalue weighted by atomic mass is 9.64. The first-order valence-corrected chi connectivity index (χ1v) is 9.81. The molecule has 9 heteroatoms. The number of hydrogen-bond acceptors (Lipinski definition) is 8. The molecule has 1 aromatic heterocycles. The smallest absolute Gasteiger partial charge is 0.526 e. The van der Waals surface area contributed by atoms with Crippen LogP contribution in [-0.4, -0.2) is 40.4 Å². The monoisotopic (exact) mass is 400 g/mol. The Hall–Kier alpha value is -2.49. The highest BCUT2D eigenvalue weighted by atomic mass is 32.1. The summed E-state index contributed by atoms with van der Waals surface area (Å²) in [5.74, 6) is -0.434. The third-order valence-electron chi connectivity index (χ3n) is 4.62. The molecule has 7 nitrogen and oxygen atoms in total. The van der Waals surface area contributed by atoms with E-state index in [1.54, 1.807) is 23.6 Å². The molecule has 28 heavy (non-hydrogen) atoms. The maximum Gasteiger partial charge on any atom is 0.526 e. The molecule has 1 aliphatic heterocycles. The number of para-hydroxylation sites is 1. The fraction of sp³-hybridized carbons (Fsp3) is 0.316. The van der Waals surface area contributed by atoms with Gasteiger partial charge >= 0.3 is 7.12 Å². The molecule has 1 aromatic carbocycles. The summed E-state index contributed by atoms with van der Waals surface area (Å²) < 4.78 is 5.60. The number of nitrogen functional groups attached to an aromatic ring is 1. The number of rotatable bonds is 7. The summed E-state index contributed by atoms with van der Waals surface area (Å²) in [6.07, 6.45) is 2.40. The Morgan fingerprint density at radius 2 is 2.25 bits per heavy atom. The summed E-state index contributed by atoms with van der Waals surface area (Å²) in [6, 6.07) is 5.25. The van der Waals surface area contributed by atoms with Gasteiger partial charge in [0, 0.05) is 29.8 Å². The number of aliphatic hydroxyl groups is 1. The van der Waals surface area contributed by atoms with Gasteiger partial charge in [-0.2, -0.15) is 0 Å². The Balaban J connectivity index is 1.81. The number of carbonyl (C=O) groups excluding carboxylic acids is 2. The second-order valence-corrected chi connectivity index (χ2v) is 7.54. The lowest BCUT2D eigenvalue weighted by Crippen LogP contribution is -2.35. The van der Waals surface area contributed by atoms with Crippen molar-refractivity contribution in [1.29, 1.82) is 0 Å². The van der Waals surface area contributed by atoms with Crippen molar-refractivity contribution in [2.75, 3.05) is 12.3 Å². The third-order valence-corrected chi connectivity index (χ3v) is 5.30. The topological polar surface area (TPSA) is 123 Å². The molecule has 2 heterocycles. The number of allylic oxidation sites excluding steroid dienone is 1. The average molecular weight is 400 g/mol. The molecule has 0 unspecified atom stereocenters. The van der Waals surface area contributed by atoms with Gasteiger partial charge in [-0.25, -0.2) is 4.98 Å². The molecule has 1 atom stereocenters. The number of aromatic nitrogens is 1. The molecule has 146 valence electrons. The summed E-state index contributed by atoms with van der Waals surface area (Å²) in [4.78, 5) is 28.8. The molecule has 3 rings (SSSR count). The van der Waals surface area contributed by atoms with Crippen molar-refractivity contribution in [2.24, 2.45) is 0 Å². The number of aliphatic hydroxyl groups excluding tert-OH is 1. The van der Waals surface area contributed by atoms with E-state index in [-0.39, 0.29) is 24.6 Å². The van der Waals surface area contributed by atoms with Crippen LogP contribution >= 0.6 is 11.3 Å². The van der Waals surface area contributed by atoms with Crippen LogP contribution in [0.5, 0.6) is 5.75 Å². The first-order valence-electron chi connectivity index (χ1n) is 8.93. The minimum Gasteiger partial charge on any atom is -0.535 e. The maximum atomic E-state index is 12.9. The zero-order valence-corrected chi connectivity index (χ0v) is 16.2. The number of ketones is 2. The first kappa shape index (κ1) is 20.3. The minimum absolute atomic E-state index is 0.0413. The number of fused-ring (bicyclic) bond motifs is 1. The molecule has 2 aromatic rings. The Morgan fingerprint density at radius 3 is 2.89 bits per heavy atom. The van der Waals surface area contributed by atoms with Crippen molar-refractivity contribution in [3.8, 4) is 5.75 Å². The summed E-state index contributed by atoms with van der Waals surface area (Å²) in [6.45, 7) is 1.35. The fourth-order valence-electron chi connectivity index (χ4n) is 3.26. The highest BCUT2D eigenvalue weighted by Crippen LogP contribution is 2.37. The Kier molecular flexibility index (Phi) is 6.28. The van der Waals surface area contributed by atoms with Crippen molar-refractivity contribution in [3.63, 3.8) is 0 Å². The molecule has 0 spiro atoms. The second-order valence-electron chi connectivity index (χ2n) is 6.65. The molecule has 0 aliphatic carbocycles. The first-order chi connectivity index (χ1) is 13.4. The van der Waals surface area contributed by atoms with Crippen molar-refractivity contribution < 1.29 is 24.4 Å². The number of thiazole rings is 1. The lowest BCUT2D eigenvalue weighted by molar-refractivity contribution is -0.114. The summed E-state index contributed by atoms with van der Waals surface area (Å²) in [5, 5.41) is 21.6. The van der Waals surface area contributed by atoms with Gasteiger partial charge in [-0.3, -0.25) is 9.59 Å². The van der Waals surface area contributed by atoms with Crippen LogP contribution in [0.25, 0.3) is 5.57 Å². The van der Waals surface area contributed by atoms with Crippen LogP contribution in [0.3, 0.4) is 0 Å². The van der Waals surface area contributed by atoms with Gasteiger partial charge in [-0.05, 0) is 31.4 Å². The molecule has 0 saturated heterocycles. The van der Waals surface area contributed by atoms with Crippen LogP contribution < -0.4 is 10.4 Å². The number of hydrogen-bond donors (Lipinski definition) is 3. The van der Waals surface area contributed by atoms with E-state index in [9.17, 15) is 14.6 Å². The van der Waals surface area contributed by atoms with Crippen LogP contribution in [-0.2, 0) is 11.2 Å². The minimum atomic E-state index is -1.20. The number of benzene rings is 1. The number of Topliss-reactive ketones (excluding diaryl/α,β-unsaturated/α-hetero) is 2. The molecule has 0 bridgehead atoms. The summed E-state index contributed by atoms with van der Waals surface area (Å²) >= 11 is 1.23. The number of nitrogens with two attached hydrogens (primary N) is 1. The van der Waals surface area contributed by atoms with Gasteiger partial charge in [0.15, 0.2) is 16.7 Å². The average Bonchev–Trinajstić information content (AvgIpc) is 3.08. The molecule has 0 saturated carbocycles. The zero-order valence-electron chi connectivity index (χ0n) is 15.4. The zero-order chi connectivity index (χ0) is 20.3. The van der Waals surface area contributed by atoms with E-state index in [2.05, 4.69) is 4.98 Å². The molecule has 0 radical (unpaired) electrons. The predicted octanol–water partition coefficient (Wildman–Crippen LogP) is 2.14. The number of anilines is 1. The van der Waals surface area contributed by atoms with E-state index < -0.39 is 12.9 Å².